The van der Waals surface area contributed by atoms with Crippen LogP contribution in [-0.4, -0.2) is 38.2 Å². The molecule has 2 N–H and O–H groups in total. The number of nitrogens with two attached hydrogens (primary N) is 1. The number of hydrogen-bond acceptors (Lipinski definition) is 6. The Morgan fingerprint density at radius 2 is 1.78 bits per heavy atom. The average molecular weight is 440 g/mol. The number of hydrogen-bond donors (Lipinski definition) is 1. The maximum absolute atomic E-state index is 14.9. The molecule has 0 aliphatic carbocycles. The van der Waals surface area contributed by atoms with Crippen LogP contribution < -0.4 is 20.1 Å². The van der Waals surface area contributed by atoms with Gasteiger partial charge in [-0.05, 0) is 55.7 Å². The number of nitrogens with zero attached hydrogens (tertiary/aromatic N) is 3. The minimum atomic E-state index is -0.678. The zero-order valence-electron chi connectivity index (χ0n) is 18.6. The summed E-state index contributed by atoms with van der Waals surface area (Å²) in [5.74, 6) is 0.325. The van der Waals surface area contributed by atoms with Crippen LogP contribution >= 0.6 is 0 Å². The first-order chi connectivity index (χ1) is 15.4. The molecule has 32 heavy (non-hydrogen) atoms. The van der Waals surface area contributed by atoms with E-state index in [2.05, 4.69) is 9.89 Å². The molecule has 0 fully saturated rings. The summed E-state index contributed by atoms with van der Waals surface area (Å²) in [4.78, 5) is 8.16. The van der Waals surface area contributed by atoms with Gasteiger partial charge in [0.05, 0.1) is 14.2 Å². The summed E-state index contributed by atoms with van der Waals surface area (Å²) in [6, 6.07) is 6.49. The van der Waals surface area contributed by atoms with Gasteiger partial charge >= 0.3 is 0 Å². The monoisotopic (exact) mass is 440 g/mol. The summed E-state index contributed by atoms with van der Waals surface area (Å²) >= 11 is 0. The van der Waals surface area contributed by atoms with Crippen LogP contribution in [0.25, 0.3) is 5.70 Å². The van der Waals surface area contributed by atoms with Gasteiger partial charge in [-0.1, -0.05) is 0 Å². The zero-order chi connectivity index (χ0) is 23.0. The summed E-state index contributed by atoms with van der Waals surface area (Å²) in [7, 11) is 3.20. The fraction of sp³-hybridized carbons (Fsp3) is 0.292. The van der Waals surface area contributed by atoms with Gasteiger partial charge in [0, 0.05) is 35.8 Å². The van der Waals surface area contributed by atoms with Crippen LogP contribution in [0.3, 0.4) is 0 Å². The van der Waals surface area contributed by atoms with E-state index in [9.17, 15) is 8.78 Å². The van der Waals surface area contributed by atoms with Gasteiger partial charge in [-0.15, -0.1) is 0 Å². The maximum atomic E-state index is 14.9. The van der Waals surface area contributed by atoms with E-state index in [1.807, 2.05) is 18.2 Å². The molecule has 0 saturated heterocycles. The smallest absolute Gasteiger partial charge is 0.161 e. The fourth-order valence-corrected chi connectivity index (χ4v) is 4.14. The number of ether oxygens (including phenoxy) is 2. The molecule has 0 unspecified atom stereocenters. The second-order valence-electron chi connectivity index (χ2n) is 7.79. The number of rotatable bonds is 4. The van der Waals surface area contributed by atoms with Crippen molar-refractivity contribution >= 4 is 17.2 Å². The highest BCUT2D eigenvalue weighted by Crippen LogP contribution is 2.39. The van der Waals surface area contributed by atoms with Crippen molar-refractivity contribution in [3.8, 4) is 11.5 Å². The van der Waals surface area contributed by atoms with Crippen LogP contribution in [0.4, 0.5) is 14.5 Å². The van der Waals surface area contributed by atoms with Crippen LogP contribution in [0.2, 0.25) is 0 Å². The number of fused-ring (bicyclic) bond motifs is 3. The molecule has 0 atom stereocenters. The van der Waals surface area contributed by atoms with E-state index in [-0.39, 0.29) is 5.69 Å². The van der Waals surface area contributed by atoms with E-state index in [1.165, 1.54) is 23.2 Å². The van der Waals surface area contributed by atoms with Crippen molar-refractivity contribution in [2.75, 3.05) is 32.3 Å². The van der Waals surface area contributed by atoms with Crippen LogP contribution in [0.5, 0.6) is 11.5 Å². The van der Waals surface area contributed by atoms with E-state index in [0.717, 1.165) is 29.8 Å². The molecule has 2 aliphatic rings. The van der Waals surface area contributed by atoms with E-state index in [4.69, 9.17) is 15.2 Å². The number of anilines is 1. The van der Waals surface area contributed by atoms with E-state index in [0.29, 0.717) is 35.3 Å². The van der Waals surface area contributed by atoms with Crippen molar-refractivity contribution in [1.29, 1.82) is 0 Å². The Balaban J connectivity index is 1.85. The van der Waals surface area contributed by atoms with Gasteiger partial charge in [0.2, 0.25) is 0 Å². The van der Waals surface area contributed by atoms with Crippen LogP contribution in [0.1, 0.15) is 23.6 Å². The van der Waals surface area contributed by atoms with Crippen molar-refractivity contribution in [3.05, 3.63) is 70.6 Å². The van der Waals surface area contributed by atoms with Crippen molar-refractivity contribution in [1.82, 2.24) is 4.90 Å². The largest absolute Gasteiger partial charge is 0.493 e. The molecule has 0 radical (unpaired) electrons. The Hall–Kier alpha value is -3.55. The topological polar surface area (TPSA) is 63.3 Å². The fourth-order valence-electron chi connectivity index (χ4n) is 4.14. The number of allylic oxidation sites excluding steroid dienone is 1. The normalized spacial score (nSPS) is 15.4. The maximum Gasteiger partial charge on any atom is 0.161 e. The molecule has 2 aromatic rings. The molecule has 8 heteroatoms. The third-order valence-corrected chi connectivity index (χ3v) is 5.75. The molecule has 6 nitrogen and oxygen atoms in total. The molecule has 0 amide bonds. The molecular weight excluding hydrogens is 414 g/mol. The minimum absolute atomic E-state index is 0.206. The Morgan fingerprint density at radius 3 is 2.41 bits per heavy atom. The third-order valence-electron chi connectivity index (χ3n) is 5.75. The minimum Gasteiger partial charge on any atom is -0.493 e. The highest BCUT2D eigenvalue weighted by molar-refractivity contribution is 6.12. The highest BCUT2D eigenvalue weighted by atomic mass is 19.1. The molecule has 0 aromatic heterocycles. The average Bonchev–Trinajstić information content (AvgIpc) is 2.79. The van der Waals surface area contributed by atoms with Gasteiger partial charge in [0.1, 0.15) is 18.2 Å². The molecular formula is C24H26F2N4O2. The molecule has 168 valence electrons. The second kappa shape index (κ2) is 8.53. The van der Waals surface area contributed by atoms with Crippen molar-refractivity contribution in [3.63, 3.8) is 0 Å². The summed E-state index contributed by atoms with van der Waals surface area (Å²) in [6.07, 6.45) is 3.97. The number of halogens is 2. The predicted molar refractivity (Wildman–Crippen MR) is 122 cm³/mol. The standard InChI is InChI=1S/C24H26F2N4O2/c1-14-7-18(25)24(19(26)8-14)30(15(2)12-27)23-11-20-17-10-22(32-4)21(31-3)9-16(17)5-6-29(20)13-28-23/h7-12H,5-6,13,27H2,1-4H3. The van der Waals surface area contributed by atoms with Crippen LogP contribution in [0, 0.1) is 18.6 Å². The lowest BCUT2D eigenvalue weighted by Crippen LogP contribution is -2.38. The first-order valence-corrected chi connectivity index (χ1v) is 10.3. The van der Waals surface area contributed by atoms with Gasteiger partial charge in [0.15, 0.2) is 23.1 Å². The van der Waals surface area contributed by atoms with Gasteiger partial charge in [-0.25, -0.2) is 13.8 Å². The van der Waals surface area contributed by atoms with Gasteiger partial charge in [-0.2, -0.15) is 0 Å². The van der Waals surface area contributed by atoms with Crippen molar-refractivity contribution in [2.45, 2.75) is 20.3 Å². The Bertz CT molecular complexity index is 1130. The highest BCUT2D eigenvalue weighted by Gasteiger charge is 2.30. The Morgan fingerprint density at radius 1 is 1.12 bits per heavy atom. The van der Waals surface area contributed by atoms with Crippen molar-refractivity contribution < 1.29 is 18.3 Å². The van der Waals surface area contributed by atoms with Crippen molar-refractivity contribution in [2.24, 2.45) is 10.7 Å². The summed E-state index contributed by atoms with van der Waals surface area (Å²) < 4.78 is 40.7. The lowest BCUT2D eigenvalue weighted by molar-refractivity contribution is 0.351. The van der Waals surface area contributed by atoms with Crippen LogP contribution in [0.15, 0.2) is 47.2 Å². The first-order valence-electron chi connectivity index (χ1n) is 10.3. The molecule has 0 spiro atoms. The summed E-state index contributed by atoms with van der Waals surface area (Å²) in [5, 5.41) is 0. The molecule has 4 rings (SSSR count). The first kappa shape index (κ1) is 21.7. The number of methoxy groups -OCH3 is 2. The third kappa shape index (κ3) is 3.66. The number of amidine groups is 1. The molecule has 2 aliphatic heterocycles. The summed E-state index contributed by atoms with van der Waals surface area (Å²) in [6.45, 7) is 4.46. The van der Waals surface area contributed by atoms with Crippen LogP contribution in [-0.2, 0) is 6.42 Å². The van der Waals surface area contributed by atoms with Gasteiger partial charge < -0.3 is 20.1 Å². The van der Waals surface area contributed by atoms with Gasteiger partial charge in [-0.3, -0.25) is 4.90 Å². The summed E-state index contributed by atoms with van der Waals surface area (Å²) in [5.41, 5.74) is 9.49. The predicted octanol–water partition coefficient (Wildman–Crippen LogP) is 4.19. The number of aliphatic imine (C=N–C) groups is 1. The number of aryl methyl sites for hydroxylation is 1. The van der Waals surface area contributed by atoms with Gasteiger partial charge in [0.25, 0.3) is 0 Å². The molecule has 0 saturated carbocycles. The number of benzene rings is 2. The van der Waals surface area contributed by atoms with E-state index < -0.39 is 11.6 Å². The van der Waals surface area contributed by atoms with E-state index in [1.54, 1.807) is 28.1 Å². The van der Waals surface area contributed by atoms with E-state index >= 15 is 0 Å². The lowest BCUT2D eigenvalue weighted by atomic mass is 9.94. The lowest BCUT2D eigenvalue weighted by Gasteiger charge is -2.37. The quantitative estimate of drug-likeness (QED) is 0.773. The SMILES string of the molecule is COc1cc2c(cc1OC)C1=CC(N(C(C)=CN)c3c(F)cc(C)cc3F)=NCN1CC2. The Labute approximate surface area is 186 Å². The zero-order valence-corrected chi connectivity index (χ0v) is 18.6. The molecule has 2 heterocycles. The second-order valence-corrected chi connectivity index (χ2v) is 7.79. The Kier molecular flexibility index (Phi) is 5.78. The molecule has 2 aromatic carbocycles. The molecule has 0 bridgehead atoms.